The first-order chi connectivity index (χ1) is 16.2. The maximum Gasteiger partial charge on any atom is 0.263 e. The monoisotopic (exact) mass is 435 g/mol. The molecule has 1 N–H and O–H groups in total. The number of aromatic nitrogens is 3. The van der Waals surface area contributed by atoms with E-state index in [4.69, 9.17) is 14.5 Å². The quantitative estimate of drug-likeness (QED) is 0.440. The van der Waals surface area contributed by atoms with Crippen LogP contribution in [0.1, 0.15) is 17.0 Å². The Morgan fingerprint density at radius 3 is 2.52 bits per heavy atom. The third-order valence-corrected chi connectivity index (χ3v) is 6.29. The van der Waals surface area contributed by atoms with Crippen LogP contribution in [0.3, 0.4) is 0 Å². The zero-order valence-corrected chi connectivity index (χ0v) is 18.6. The lowest BCUT2D eigenvalue weighted by atomic mass is 10.0. The van der Waals surface area contributed by atoms with Gasteiger partial charge in [0, 0.05) is 38.2 Å². The van der Waals surface area contributed by atoms with Crippen LogP contribution in [0.15, 0.2) is 71.3 Å². The Morgan fingerprint density at radius 2 is 1.70 bits per heavy atom. The lowest BCUT2D eigenvalue weighted by Crippen LogP contribution is -2.44. The van der Waals surface area contributed by atoms with Gasteiger partial charge in [-0.15, -0.1) is 0 Å². The normalized spacial score (nSPS) is 14.3. The molecular weight excluding hydrogens is 410 g/mol. The van der Waals surface area contributed by atoms with Crippen molar-refractivity contribution in [1.29, 1.82) is 0 Å². The summed E-state index contributed by atoms with van der Waals surface area (Å²) in [5, 5.41) is 11.2. The fourth-order valence-corrected chi connectivity index (χ4v) is 4.49. The van der Waals surface area contributed by atoms with Crippen LogP contribution in [-0.2, 0) is 6.42 Å². The Morgan fingerprint density at radius 1 is 0.909 bits per heavy atom. The minimum atomic E-state index is 0.545. The van der Waals surface area contributed by atoms with Crippen LogP contribution < -0.4 is 10.2 Å². The smallest absolute Gasteiger partial charge is 0.263 e. The summed E-state index contributed by atoms with van der Waals surface area (Å²) in [6, 6.07) is 23.2. The molecular formula is C27H25N5O. The Balaban J connectivity index is 1.49. The van der Waals surface area contributed by atoms with E-state index in [9.17, 15) is 0 Å². The van der Waals surface area contributed by atoms with Crippen molar-refractivity contribution < 1.29 is 4.52 Å². The predicted octanol–water partition coefficient (Wildman–Crippen LogP) is 4.75. The summed E-state index contributed by atoms with van der Waals surface area (Å²) in [6.45, 7) is 5.72. The highest BCUT2D eigenvalue weighted by molar-refractivity contribution is 6.00. The highest BCUT2D eigenvalue weighted by atomic mass is 16.5. The number of hydrogen-bond acceptors (Lipinski definition) is 6. The maximum absolute atomic E-state index is 5.80. The van der Waals surface area contributed by atoms with Crippen molar-refractivity contribution in [3.63, 3.8) is 0 Å². The molecule has 1 aliphatic rings. The predicted molar refractivity (Wildman–Crippen MR) is 132 cm³/mol. The molecule has 2 aromatic heterocycles. The third kappa shape index (κ3) is 3.83. The number of rotatable bonds is 4. The number of aryl methyl sites for hydroxylation is 1. The van der Waals surface area contributed by atoms with E-state index in [1.165, 1.54) is 21.9 Å². The Hall–Kier alpha value is -3.77. The van der Waals surface area contributed by atoms with Crippen LogP contribution in [-0.4, -0.2) is 41.3 Å². The van der Waals surface area contributed by atoms with Gasteiger partial charge in [0.25, 0.3) is 5.71 Å². The molecule has 0 amide bonds. The van der Waals surface area contributed by atoms with Gasteiger partial charge >= 0.3 is 0 Å². The molecule has 164 valence electrons. The third-order valence-electron chi connectivity index (χ3n) is 6.29. The van der Waals surface area contributed by atoms with Gasteiger partial charge in [0.1, 0.15) is 22.7 Å². The van der Waals surface area contributed by atoms with Crippen molar-refractivity contribution >= 4 is 27.7 Å². The fourth-order valence-electron chi connectivity index (χ4n) is 4.49. The van der Waals surface area contributed by atoms with E-state index >= 15 is 0 Å². The van der Waals surface area contributed by atoms with E-state index in [-0.39, 0.29) is 0 Å². The summed E-state index contributed by atoms with van der Waals surface area (Å²) < 4.78 is 5.80. The van der Waals surface area contributed by atoms with Gasteiger partial charge in [-0.2, -0.15) is 4.98 Å². The molecule has 33 heavy (non-hydrogen) atoms. The summed E-state index contributed by atoms with van der Waals surface area (Å²) in [6.07, 6.45) is 0.654. The fraction of sp³-hybridized carbons (Fsp3) is 0.222. The Kier molecular flexibility index (Phi) is 5.00. The second-order valence-corrected chi connectivity index (χ2v) is 8.64. The first-order valence-corrected chi connectivity index (χ1v) is 11.4. The molecule has 3 heterocycles. The van der Waals surface area contributed by atoms with Gasteiger partial charge < -0.3 is 14.7 Å². The number of fused-ring (bicyclic) bond motifs is 2. The molecule has 1 fully saturated rings. The standard InChI is InChI=1S/C27H25N5O/c1-18-6-8-19(9-7-18)16-23-29-26(32-14-12-28-13-15-32)24-25(31-33-27(24)30-23)22-11-10-20-4-2-3-5-21(20)17-22/h2-11,17,28H,12-16H2,1H3. The second kappa shape index (κ2) is 8.30. The highest BCUT2D eigenvalue weighted by Gasteiger charge is 2.24. The molecule has 3 aromatic carbocycles. The minimum absolute atomic E-state index is 0.545. The molecule has 0 radical (unpaired) electrons. The first-order valence-electron chi connectivity index (χ1n) is 11.4. The molecule has 6 heteroatoms. The van der Waals surface area contributed by atoms with Gasteiger partial charge in [-0.1, -0.05) is 71.4 Å². The molecule has 0 atom stereocenters. The van der Waals surface area contributed by atoms with Crippen molar-refractivity contribution in [2.24, 2.45) is 0 Å². The lowest BCUT2D eigenvalue weighted by Gasteiger charge is -2.29. The van der Waals surface area contributed by atoms with Gasteiger partial charge in [0.05, 0.1) is 0 Å². The topological polar surface area (TPSA) is 67.1 Å². The van der Waals surface area contributed by atoms with Crippen LogP contribution in [0.2, 0.25) is 0 Å². The van der Waals surface area contributed by atoms with E-state index in [1.807, 2.05) is 0 Å². The van der Waals surface area contributed by atoms with Crippen LogP contribution >= 0.6 is 0 Å². The van der Waals surface area contributed by atoms with Crippen LogP contribution in [0, 0.1) is 6.92 Å². The molecule has 0 spiro atoms. The van der Waals surface area contributed by atoms with Crippen LogP contribution in [0.25, 0.3) is 33.1 Å². The van der Waals surface area contributed by atoms with E-state index in [1.54, 1.807) is 0 Å². The molecule has 0 bridgehead atoms. The molecule has 1 aliphatic heterocycles. The first kappa shape index (κ1) is 19.9. The summed E-state index contributed by atoms with van der Waals surface area (Å²) in [5.74, 6) is 1.66. The Labute approximate surface area is 192 Å². The number of anilines is 1. The SMILES string of the molecule is Cc1ccc(Cc2nc(N3CCNCC3)c3c(-c4ccc5ccccc5c4)noc3n2)cc1. The van der Waals surface area contributed by atoms with Gasteiger partial charge in [-0.05, 0) is 29.3 Å². The summed E-state index contributed by atoms with van der Waals surface area (Å²) in [5.41, 5.74) is 4.78. The van der Waals surface area contributed by atoms with Crippen LogP contribution in [0.4, 0.5) is 5.82 Å². The van der Waals surface area contributed by atoms with Crippen LogP contribution in [0.5, 0.6) is 0 Å². The second-order valence-electron chi connectivity index (χ2n) is 8.64. The van der Waals surface area contributed by atoms with E-state index < -0.39 is 0 Å². The van der Waals surface area contributed by atoms with Crippen molar-refractivity contribution in [3.8, 4) is 11.3 Å². The van der Waals surface area contributed by atoms with Crippen molar-refractivity contribution in [3.05, 3.63) is 83.7 Å². The van der Waals surface area contributed by atoms with Crippen molar-refractivity contribution in [2.75, 3.05) is 31.1 Å². The zero-order valence-electron chi connectivity index (χ0n) is 18.6. The molecule has 6 nitrogen and oxygen atoms in total. The lowest BCUT2D eigenvalue weighted by molar-refractivity contribution is 0.450. The van der Waals surface area contributed by atoms with Gasteiger partial charge in [-0.25, -0.2) is 4.98 Å². The number of hydrogen-bond donors (Lipinski definition) is 1. The zero-order chi connectivity index (χ0) is 22.2. The number of benzene rings is 3. The largest absolute Gasteiger partial charge is 0.353 e. The van der Waals surface area contributed by atoms with Crippen molar-refractivity contribution in [2.45, 2.75) is 13.3 Å². The Bertz CT molecular complexity index is 1430. The number of nitrogens with one attached hydrogen (secondary N) is 1. The summed E-state index contributed by atoms with van der Waals surface area (Å²) >= 11 is 0. The van der Waals surface area contributed by atoms with Gasteiger partial charge in [0.2, 0.25) is 0 Å². The highest BCUT2D eigenvalue weighted by Crippen LogP contribution is 2.35. The summed E-state index contributed by atoms with van der Waals surface area (Å²) in [4.78, 5) is 12.1. The van der Waals surface area contributed by atoms with E-state index in [0.717, 1.165) is 54.5 Å². The molecule has 1 saturated heterocycles. The number of piperazine rings is 1. The average molecular weight is 436 g/mol. The molecule has 0 saturated carbocycles. The van der Waals surface area contributed by atoms with E-state index in [2.05, 4.69) is 89.0 Å². The van der Waals surface area contributed by atoms with Crippen molar-refractivity contribution in [1.82, 2.24) is 20.4 Å². The average Bonchev–Trinajstić information content (AvgIpc) is 3.29. The molecule has 0 aliphatic carbocycles. The molecule has 0 unspecified atom stereocenters. The molecule has 5 aromatic rings. The minimum Gasteiger partial charge on any atom is -0.353 e. The summed E-state index contributed by atoms with van der Waals surface area (Å²) in [7, 11) is 0. The van der Waals surface area contributed by atoms with E-state index in [0.29, 0.717) is 12.1 Å². The molecule has 6 rings (SSSR count). The van der Waals surface area contributed by atoms with Gasteiger partial charge in [0.15, 0.2) is 0 Å². The number of nitrogens with zero attached hydrogens (tertiary/aromatic N) is 4. The maximum atomic E-state index is 5.80. The van der Waals surface area contributed by atoms with Gasteiger partial charge in [-0.3, -0.25) is 0 Å².